The molecule has 164 valence electrons. The lowest BCUT2D eigenvalue weighted by Crippen LogP contribution is -2.43. The van der Waals surface area contributed by atoms with Gasteiger partial charge < -0.3 is 14.6 Å². The van der Waals surface area contributed by atoms with Gasteiger partial charge in [0.1, 0.15) is 19.0 Å². The molecule has 0 saturated heterocycles. The zero-order chi connectivity index (χ0) is 22.5. The molecule has 0 fully saturated rings. The minimum atomic E-state index is -5.02. The van der Waals surface area contributed by atoms with Crippen molar-refractivity contribution < 1.29 is 32.1 Å². The van der Waals surface area contributed by atoms with E-state index < -0.39 is 17.6 Å². The van der Waals surface area contributed by atoms with Crippen molar-refractivity contribution >= 4 is 10.9 Å². The molecule has 5 nitrogen and oxygen atoms in total. The maximum atomic E-state index is 14.2. The first-order chi connectivity index (χ1) is 15.3. The first-order valence-corrected chi connectivity index (χ1v) is 9.71. The molecule has 4 aromatic rings. The van der Waals surface area contributed by atoms with Gasteiger partial charge in [-0.25, -0.2) is 9.07 Å². The zero-order valence-corrected chi connectivity index (χ0v) is 16.4. The maximum absolute atomic E-state index is 14.2. The number of alkyl halides is 3. The molecule has 3 aromatic carbocycles. The number of rotatable bonds is 3. The van der Waals surface area contributed by atoms with Crippen LogP contribution in [0, 0.1) is 5.82 Å². The molecule has 0 amide bonds. The molecule has 0 saturated carbocycles. The molecule has 1 aromatic heterocycles. The predicted octanol–water partition coefficient (Wildman–Crippen LogP) is 4.73. The second-order valence-corrected chi connectivity index (χ2v) is 7.37. The maximum Gasteiger partial charge on any atom is 0.425 e. The number of hydrogen-bond donors (Lipinski definition) is 1. The van der Waals surface area contributed by atoms with Crippen molar-refractivity contribution in [3.63, 3.8) is 0 Å². The second-order valence-electron chi connectivity index (χ2n) is 7.37. The van der Waals surface area contributed by atoms with Crippen LogP contribution in [0.25, 0.3) is 16.6 Å². The Morgan fingerprint density at radius 2 is 1.50 bits per heavy atom. The Bertz CT molecular complexity index is 1300. The van der Waals surface area contributed by atoms with Crippen molar-refractivity contribution in [3.05, 3.63) is 83.8 Å². The molecule has 0 spiro atoms. The van der Waals surface area contributed by atoms with Crippen LogP contribution in [0.5, 0.6) is 11.5 Å². The average Bonchev–Trinajstić information content (AvgIpc) is 3.21. The van der Waals surface area contributed by atoms with Crippen LogP contribution in [0.4, 0.5) is 17.6 Å². The Morgan fingerprint density at radius 3 is 2.22 bits per heavy atom. The Hall–Kier alpha value is -3.59. The van der Waals surface area contributed by atoms with E-state index in [2.05, 4.69) is 5.10 Å². The van der Waals surface area contributed by atoms with E-state index >= 15 is 0 Å². The van der Waals surface area contributed by atoms with Gasteiger partial charge in [0.05, 0.1) is 17.4 Å². The highest BCUT2D eigenvalue weighted by atomic mass is 19.4. The molecule has 1 N–H and O–H groups in total. The topological polar surface area (TPSA) is 56.5 Å². The third-order valence-corrected chi connectivity index (χ3v) is 5.43. The monoisotopic (exact) mass is 444 g/mol. The van der Waals surface area contributed by atoms with Gasteiger partial charge in [-0.2, -0.15) is 18.3 Å². The summed E-state index contributed by atoms with van der Waals surface area (Å²) in [4.78, 5) is 0. The van der Waals surface area contributed by atoms with Crippen molar-refractivity contribution in [1.29, 1.82) is 0 Å². The molecule has 1 aliphatic heterocycles. The third kappa shape index (κ3) is 3.16. The first-order valence-electron chi connectivity index (χ1n) is 9.71. The molecular weight excluding hydrogens is 428 g/mol. The summed E-state index contributed by atoms with van der Waals surface area (Å²) in [5, 5.41) is 15.6. The van der Waals surface area contributed by atoms with E-state index in [0.717, 1.165) is 6.07 Å². The van der Waals surface area contributed by atoms with Crippen molar-refractivity contribution in [1.82, 2.24) is 9.78 Å². The summed E-state index contributed by atoms with van der Waals surface area (Å²) in [5.41, 5.74) is -2.99. The van der Waals surface area contributed by atoms with Gasteiger partial charge in [0, 0.05) is 10.9 Å². The highest BCUT2D eigenvalue weighted by Gasteiger charge is 2.56. The molecule has 0 bridgehead atoms. The van der Waals surface area contributed by atoms with Gasteiger partial charge in [0.25, 0.3) is 0 Å². The lowest BCUT2D eigenvalue weighted by Gasteiger charge is -2.32. The van der Waals surface area contributed by atoms with Crippen LogP contribution in [-0.4, -0.2) is 34.3 Å². The van der Waals surface area contributed by atoms with E-state index in [9.17, 15) is 22.7 Å². The molecule has 9 heteroatoms. The summed E-state index contributed by atoms with van der Waals surface area (Å²) < 4.78 is 68.2. The van der Waals surface area contributed by atoms with Gasteiger partial charge in [0.15, 0.2) is 11.5 Å². The van der Waals surface area contributed by atoms with E-state index in [0.29, 0.717) is 28.9 Å². The molecular formula is C23H16F4N2O3. The number of halogens is 4. The van der Waals surface area contributed by atoms with Gasteiger partial charge in [-0.15, -0.1) is 0 Å². The Morgan fingerprint density at radius 1 is 0.844 bits per heavy atom. The smallest absolute Gasteiger partial charge is 0.425 e. The van der Waals surface area contributed by atoms with Crippen molar-refractivity contribution in [3.8, 4) is 17.2 Å². The van der Waals surface area contributed by atoms with E-state index in [1.54, 1.807) is 0 Å². The molecule has 0 aliphatic carbocycles. The average molecular weight is 444 g/mol. The van der Waals surface area contributed by atoms with Crippen molar-refractivity contribution in [2.24, 2.45) is 0 Å². The molecule has 1 unspecified atom stereocenters. The number of hydrogen-bond acceptors (Lipinski definition) is 4. The molecule has 1 aliphatic rings. The minimum absolute atomic E-state index is 0.140. The van der Waals surface area contributed by atoms with E-state index in [4.69, 9.17) is 9.47 Å². The normalized spacial score (nSPS) is 15.5. The number of ether oxygens (including phenoxy) is 2. The zero-order valence-electron chi connectivity index (χ0n) is 16.4. The largest absolute Gasteiger partial charge is 0.486 e. The molecule has 2 heterocycles. The second kappa shape index (κ2) is 7.23. The van der Waals surface area contributed by atoms with Crippen LogP contribution in [0.1, 0.15) is 11.1 Å². The molecule has 32 heavy (non-hydrogen) atoms. The third-order valence-electron chi connectivity index (χ3n) is 5.43. The predicted molar refractivity (Wildman–Crippen MR) is 108 cm³/mol. The molecule has 0 radical (unpaired) electrons. The van der Waals surface area contributed by atoms with Crippen LogP contribution >= 0.6 is 0 Å². The fourth-order valence-corrected chi connectivity index (χ4v) is 3.81. The minimum Gasteiger partial charge on any atom is -0.486 e. The summed E-state index contributed by atoms with van der Waals surface area (Å²) in [7, 11) is 0. The molecule has 1 atom stereocenters. The van der Waals surface area contributed by atoms with Crippen LogP contribution in [-0.2, 0) is 5.60 Å². The number of benzene rings is 3. The van der Waals surface area contributed by atoms with E-state index in [-0.39, 0.29) is 23.5 Å². The lowest BCUT2D eigenvalue weighted by molar-refractivity contribution is -0.248. The molecule has 5 rings (SSSR count). The van der Waals surface area contributed by atoms with Crippen LogP contribution < -0.4 is 9.47 Å². The first kappa shape index (κ1) is 20.3. The number of nitrogens with zero attached hydrogens (tertiary/aromatic N) is 2. The van der Waals surface area contributed by atoms with Crippen LogP contribution in [0.2, 0.25) is 0 Å². The van der Waals surface area contributed by atoms with Gasteiger partial charge in [-0.05, 0) is 54.1 Å². The number of fused-ring (bicyclic) bond motifs is 2. The van der Waals surface area contributed by atoms with Gasteiger partial charge in [0.2, 0.25) is 5.60 Å². The Labute approximate surface area is 179 Å². The van der Waals surface area contributed by atoms with Crippen molar-refractivity contribution in [2.45, 2.75) is 11.8 Å². The van der Waals surface area contributed by atoms with E-state index in [1.165, 1.54) is 65.5 Å². The van der Waals surface area contributed by atoms with Crippen LogP contribution in [0.15, 0.2) is 66.9 Å². The summed E-state index contributed by atoms with van der Waals surface area (Å²) in [5.74, 6) is 0.0457. The summed E-state index contributed by atoms with van der Waals surface area (Å²) in [6.07, 6.45) is -3.62. The Kier molecular flexibility index (Phi) is 4.59. The highest BCUT2D eigenvalue weighted by molar-refractivity contribution is 5.81. The number of aromatic nitrogens is 2. The Balaban J connectivity index is 1.63. The lowest BCUT2D eigenvalue weighted by atomic mass is 9.85. The van der Waals surface area contributed by atoms with Crippen molar-refractivity contribution in [2.75, 3.05) is 13.2 Å². The summed E-state index contributed by atoms with van der Waals surface area (Å²) >= 11 is 0. The van der Waals surface area contributed by atoms with Gasteiger partial charge >= 0.3 is 6.18 Å². The van der Waals surface area contributed by atoms with Gasteiger partial charge in [-0.3, -0.25) is 0 Å². The fourth-order valence-electron chi connectivity index (χ4n) is 3.81. The summed E-state index contributed by atoms with van der Waals surface area (Å²) in [6.45, 7) is 0.500. The summed E-state index contributed by atoms with van der Waals surface area (Å²) in [6, 6.07) is 13.1. The fraction of sp³-hybridized carbons (Fsp3) is 0.174. The quantitative estimate of drug-likeness (QED) is 0.464. The standard InChI is InChI=1S/C23H16F4N2O3/c24-17-3-5-18(6-4-17)29-19-7-1-15(11-14(19)13-28-29)22(30,23(25,26)27)16-2-8-20-21(12-16)32-10-9-31-20/h1-8,11-13,30H,9-10H2. The van der Waals surface area contributed by atoms with Gasteiger partial charge in [-0.1, -0.05) is 12.1 Å². The van der Waals surface area contributed by atoms with E-state index in [1.807, 2.05) is 0 Å². The highest BCUT2D eigenvalue weighted by Crippen LogP contribution is 2.47. The SMILES string of the molecule is OC(c1ccc2c(c1)OCCO2)(c1ccc2c(cnn2-c2ccc(F)cc2)c1)C(F)(F)F. The number of aliphatic hydroxyl groups is 1. The van der Waals surface area contributed by atoms with Crippen LogP contribution in [0.3, 0.4) is 0 Å².